The van der Waals surface area contributed by atoms with E-state index in [1.54, 1.807) is 0 Å². The maximum Gasteiger partial charge on any atom is 0.0973 e. The van der Waals surface area contributed by atoms with Gasteiger partial charge in [-0.15, -0.1) is 0 Å². The first-order valence-electron chi connectivity index (χ1n) is 23.0. The summed E-state index contributed by atoms with van der Waals surface area (Å²) < 4.78 is 7.41. The summed E-state index contributed by atoms with van der Waals surface area (Å²) in [5.41, 5.74) is 19.1. The van der Waals surface area contributed by atoms with Crippen molar-refractivity contribution in [3.05, 3.63) is 205 Å². The molecule has 0 N–H and O–H groups in total. The minimum absolute atomic E-state index is 0.458. The van der Waals surface area contributed by atoms with Crippen molar-refractivity contribution in [2.45, 2.75) is 19.3 Å². The van der Waals surface area contributed by atoms with Gasteiger partial charge in [0.05, 0.1) is 61.0 Å². The molecule has 14 aromatic rings. The van der Waals surface area contributed by atoms with Crippen LogP contribution in [-0.4, -0.2) is 23.5 Å². The molecule has 5 heteroatoms. The van der Waals surface area contributed by atoms with Gasteiger partial charge in [0.15, 0.2) is 0 Å². The summed E-state index contributed by atoms with van der Waals surface area (Å²) in [7, 11) is 0. The number of allylic oxidation sites excluding steroid dienone is 1. The van der Waals surface area contributed by atoms with Crippen LogP contribution in [-0.2, 0) is 0 Å². The Morgan fingerprint density at radius 3 is 1.76 bits per heavy atom. The van der Waals surface area contributed by atoms with Crippen LogP contribution in [0.25, 0.3) is 133 Å². The summed E-state index contributed by atoms with van der Waals surface area (Å²) in [5, 5.41) is 10.2. The number of aromatic nitrogens is 5. The van der Waals surface area contributed by atoms with Gasteiger partial charge in [-0.25, -0.2) is 9.97 Å². The van der Waals surface area contributed by atoms with E-state index in [0.717, 1.165) is 56.9 Å². The van der Waals surface area contributed by atoms with Crippen LogP contribution in [0.5, 0.6) is 0 Å². The van der Waals surface area contributed by atoms with E-state index in [0.29, 0.717) is 5.92 Å². The fraction of sp³-hybridized carbons (Fsp3) is 0.0492. The number of nitrogens with zero attached hydrogens (tertiary/aromatic N) is 5. The fourth-order valence-corrected chi connectivity index (χ4v) is 11.7. The predicted octanol–water partition coefficient (Wildman–Crippen LogP) is 15.8. The maximum atomic E-state index is 5.39. The predicted molar refractivity (Wildman–Crippen MR) is 276 cm³/mol. The zero-order valence-electron chi connectivity index (χ0n) is 36.1. The van der Waals surface area contributed by atoms with Crippen molar-refractivity contribution in [2.24, 2.45) is 0 Å². The molecule has 0 aliphatic heterocycles. The molecule has 1 aliphatic carbocycles. The Kier molecular flexibility index (Phi) is 7.20. The van der Waals surface area contributed by atoms with Gasteiger partial charge >= 0.3 is 0 Å². The largest absolute Gasteiger partial charge is 0.309 e. The molecule has 0 spiro atoms. The van der Waals surface area contributed by atoms with Crippen LogP contribution >= 0.6 is 0 Å². The van der Waals surface area contributed by atoms with E-state index < -0.39 is 0 Å². The highest BCUT2D eigenvalue weighted by atomic mass is 15.0. The average Bonchev–Trinajstić information content (AvgIpc) is 4.10. The third-order valence-electron chi connectivity index (χ3n) is 14.6. The average molecular weight is 842 g/mol. The molecular formula is C61H39N5. The molecule has 0 fully saturated rings. The molecule has 308 valence electrons. The SMILES string of the molecule is CC1CC=Cc2c1ccc1c2c2c3c(cc4c5ccccc5n1c42)c1ccccc1n3-c1ccc(-c2nc3ccccc3nc2-c2ccc3c4ccccc4n(-c4ccccc4)c3c2)cc1. The van der Waals surface area contributed by atoms with Gasteiger partial charge in [-0.05, 0) is 96.3 Å². The summed E-state index contributed by atoms with van der Waals surface area (Å²) in [6.07, 6.45) is 5.81. The van der Waals surface area contributed by atoms with Crippen molar-refractivity contribution >= 4 is 98.8 Å². The highest BCUT2D eigenvalue weighted by Gasteiger charge is 2.28. The molecule has 5 nitrogen and oxygen atoms in total. The fourth-order valence-electron chi connectivity index (χ4n) is 11.7. The van der Waals surface area contributed by atoms with E-state index in [1.807, 2.05) is 12.1 Å². The Hall–Kier alpha value is -8.54. The van der Waals surface area contributed by atoms with Crippen LogP contribution in [0.4, 0.5) is 0 Å². The van der Waals surface area contributed by atoms with Crippen molar-refractivity contribution < 1.29 is 0 Å². The molecule has 1 unspecified atom stereocenters. The molecule has 15 rings (SSSR count). The van der Waals surface area contributed by atoms with Crippen molar-refractivity contribution in [3.63, 3.8) is 0 Å². The van der Waals surface area contributed by atoms with Crippen LogP contribution in [0.1, 0.15) is 30.4 Å². The molecular weight excluding hydrogens is 803 g/mol. The third kappa shape index (κ3) is 4.78. The lowest BCUT2D eigenvalue weighted by Gasteiger charge is -2.19. The first-order chi connectivity index (χ1) is 32.7. The normalized spacial score (nSPS) is 14.2. The summed E-state index contributed by atoms with van der Waals surface area (Å²) in [6.45, 7) is 2.36. The Bertz CT molecular complexity index is 4370. The number of hydrogen-bond acceptors (Lipinski definition) is 2. The van der Waals surface area contributed by atoms with Gasteiger partial charge in [-0.1, -0.05) is 134 Å². The van der Waals surface area contributed by atoms with Gasteiger partial charge in [0.25, 0.3) is 0 Å². The summed E-state index contributed by atoms with van der Waals surface area (Å²) in [5.74, 6) is 0.458. The van der Waals surface area contributed by atoms with E-state index in [9.17, 15) is 0 Å². The smallest absolute Gasteiger partial charge is 0.0973 e. The van der Waals surface area contributed by atoms with E-state index in [4.69, 9.17) is 9.97 Å². The van der Waals surface area contributed by atoms with E-state index in [-0.39, 0.29) is 0 Å². The van der Waals surface area contributed by atoms with Gasteiger partial charge in [0.1, 0.15) is 0 Å². The number of hydrogen-bond donors (Lipinski definition) is 0. The van der Waals surface area contributed by atoms with Crippen molar-refractivity contribution in [1.82, 2.24) is 23.5 Å². The Labute approximate surface area is 379 Å². The summed E-state index contributed by atoms with van der Waals surface area (Å²) in [6, 6.07) is 68.4. The summed E-state index contributed by atoms with van der Waals surface area (Å²) in [4.78, 5) is 10.8. The third-order valence-corrected chi connectivity index (χ3v) is 14.6. The molecule has 0 saturated heterocycles. The Balaban J connectivity index is 0.979. The maximum absolute atomic E-state index is 5.39. The topological polar surface area (TPSA) is 40.1 Å². The molecule has 0 radical (unpaired) electrons. The second-order valence-corrected chi connectivity index (χ2v) is 18.1. The molecule has 1 atom stereocenters. The monoisotopic (exact) mass is 841 g/mol. The first kappa shape index (κ1) is 35.9. The second-order valence-electron chi connectivity index (χ2n) is 18.1. The van der Waals surface area contributed by atoms with E-state index in [1.165, 1.54) is 87.3 Å². The molecule has 0 saturated carbocycles. The van der Waals surface area contributed by atoms with Crippen LogP contribution < -0.4 is 0 Å². The Morgan fingerprint density at radius 2 is 1.00 bits per heavy atom. The molecule has 66 heavy (non-hydrogen) atoms. The quantitative estimate of drug-likeness (QED) is 0.177. The van der Waals surface area contributed by atoms with Gasteiger partial charge < -0.3 is 13.5 Å². The molecule has 0 amide bonds. The Morgan fingerprint density at radius 1 is 0.424 bits per heavy atom. The van der Waals surface area contributed by atoms with Crippen LogP contribution in [0.15, 0.2) is 194 Å². The first-order valence-corrected chi connectivity index (χ1v) is 23.0. The molecule has 5 aromatic heterocycles. The van der Waals surface area contributed by atoms with Crippen LogP contribution in [0, 0.1) is 0 Å². The number of para-hydroxylation sites is 6. The highest BCUT2D eigenvalue weighted by molar-refractivity contribution is 6.35. The highest BCUT2D eigenvalue weighted by Crippen LogP contribution is 2.49. The number of fused-ring (bicyclic) bond motifs is 16. The lowest BCUT2D eigenvalue weighted by atomic mass is 9.86. The van der Waals surface area contributed by atoms with Crippen molar-refractivity contribution in [3.8, 4) is 33.9 Å². The van der Waals surface area contributed by atoms with Crippen LogP contribution in [0.3, 0.4) is 0 Å². The molecule has 5 heterocycles. The lowest BCUT2D eigenvalue weighted by Crippen LogP contribution is -2.00. The molecule has 9 aromatic carbocycles. The number of benzene rings is 9. The van der Waals surface area contributed by atoms with Gasteiger partial charge in [0.2, 0.25) is 0 Å². The second kappa shape index (κ2) is 13.3. The van der Waals surface area contributed by atoms with E-state index in [2.05, 4.69) is 209 Å². The van der Waals surface area contributed by atoms with Gasteiger partial charge in [0, 0.05) is 65.6 Å². The zero-order valence-corrected chi connectivity index (χ0v) is 36.1. The standard InChI is InChI=1S/C61H39N5/c1-36-14-13-20-46-41(36)32-33-54-56(46)57-60-47(35-48-44-19-7-12-25-53(44)66(54)61(48)57)43-18-6-11-24-52(43)65(60)40-29-26-37(27-30-40)58-59(63-50-22-9-8-21-49(50)62-58)38-28-31-45-42-17-5-10-23-51(42)64(55(45)34-38)39-15-3-2-4-16-39/h2-13,15-36H,14H2,1H3. The van der Waals surface area contributed by atoms with Crippen LogP contribution in [0.2, 0.25) is 0 Å². The lowest BCUT2D eigenvalue weighted by molar-refractivity contribution is 0.773. The zero-order chi connectivity index (χ0) is 43.2. The minimum Gasteiger partial charge on any atom is -0.309 e. The van der Waals surface area contributed by atoms with E-state index >= 15 is 0 Å². The molecule has 0 bridgehead atoms. The van der Waals surface area contributed by atoms with Gasteiger partial charge in [-0.2, -0.15) is 0 Å². The molecule has 1 aliphatic rings. The number of rotatable bonds is 4. The summed E-state index contributed by atoms with van der Waals surface area (Å²) >= 11 is 0. The van der Waals surface area contributed by atoms with Crippen molar-refractivity contribution in [2.75, 3.05) is 0 Å². The van der Waals surface area contributed by atoms with Gasteiger partial charge in [-0.3, -0.25) is 0 Å². The minimum atomic E-state index is 0.458. The van der Waals surface area contributed by atoms with Crippen molar-refractivity contribution in [1.29, 1.82) is 0 Å².